The monoisotopic (exact) mass is 181 g/mol. The molecule has 2 saturated carbocycles. The fraction of sp³-hybridized carbons (Fsp3) is 1.00. The molecule has 2 heteroatoms. The minimum Gasteiger partial charge on any atom is -0.381 e. The molecule has 4 atom stereocenters. The highest BCUT2D eigenvalue weighted by Gasteiger charge is 2.56. The van der Waals surface area contributed by atoms with Crippen LogP contribution in [0.5, 0.6) is 0 Å². The number of rotatable bonds is 0. The maximum absolute atomic E-state index is 6.35. The summed E-state index contributed by atoms with van der Waals surface area (Å²) in [6.45, 7) is 1.92. The molecule has 3 aliphatic rings. The molecule has 0 aromatic heterocycles. The molecule has 2 nitrogen and oxygen atoms in total. The van der Waals surface area contributed by atoms with Crippen molar-refractivity contribution in [2.45, 2.75) is 38.1 Å². The second kappa shape index (κ2) is 2.71. The molecule has 2 N–H and O–H groups in total. The molecule has 3 unspecified atom stereocenters. The van der Waals surface area contributed by atoms with E-state index < -0.39 is 0 Å². The highest BCUT2D eigenvalue weighted by Crippen LogP contribution is 2.58. The van der Waals surface area contributed by atoms with Gasteiger partial charge in [0.1, 0.15) is 0 Å². The van der Waals surface area contributed by atoms with Gasteiger partial charge in [0.2, 0.25) is 0 Å². The van der Waals surface area contributed by atoms with Crippen LogP contribution in [0.4, 0.5) is 0 Å². The molecule has 0 radical (unpaired) electrons. The molecule has 2 bridgehead atoms. The van der Waals surface area contributed by atoms with Gasteiger partial charge in [-0.25, -0.2) is 0 Å². The van der Waals surface area contributed by atoms with Crippen molar-refractivity contribution in [2.75, 3.05) is 13.2 Å². The second-order valence-electron chi connectivity index (χ2n) is 5.19. The van der Waals surface area contributed by atoms with E-state index in [1.165, 1.54) is 32.1 Å². The van der Waals surface area contributed by atoms with Gasteiger partial charge in [0.05, 0.1) is 6.61 Å². The number of nitrogens with two attached hydrogens (primary N) is 1. The molecule has 1 saturated heterocycles. The average Bonchev–Trinajstić information content (AvgIpc) is 2.73. The molecule has 13 heavy (non-hydrogen) atoms. The van der Waals surface area contributed by atoms with E-state index in [1.807, 2.05) is 0 Å². The Bertz CT molecular complexity index is 206. The molecule has 1 aliphatic heterocycles. The van der Waals surface area contributed by atoms with Crippen LogP contribution in [0.3, 0.4) is 0 Å². The van der Waals surface area contributed by atoms with Crippen molar-refractivity contribution in [3.63, 3.8) is 0 Å². The normalized spacial score (nSPS) is 54.7. The molecule has 3 fully saturated rings. The van der Waals surface area contributed by atoms with Crippen LogP contribution in [0.25, 0.3) is 0 Å². The number of hydrogen-bond acceptors (Lipinski definition) is 2. The molecule has 2 aliphatic carbocycles. The SMILES string of the molecule is N[C@@H]1C2CCC(C2)C12CCCOC2. The van der Waals surface area contributed by atoms with Crippen molar-refractivity contribution in [1.29, 1.82) is 0 Å². The van der Waals surface area contributed by atoms with Crippen molar-refractivity contribution in [3.05, 3.63) is 0 Å². The smallest absolute Gasteiger partial charge is 0.0540 e. The van der Waals surface area contributed by atoms with Crippen LogP contribution in [0, 0.1) is 17.3 Å². The van der Waals surface area contributed by atoms with Gasteiger partial charge in [0.25, 0.3) is 0 Å². The Morgan fingerprint density at radius 2 is 2.23 bits per heavy atom. The molecule has 3 rings (SSSR count). The van der Waals surface area contributed by atoms with Crippen LogP contribution >= 0.6 is 0 Å². The predicted molar refractivity (Wildman–Crippen MR) is 51.3 cm³/mol. The maximum atomic E-state index is 6.35. The Labute approximate surface area is 79.8 Å². The molecule has 1 heterocycles. The number of fused-ring (bicyclic) bond motifs is 3. The molecular formula is C11H19NO. The van der Waals surface area contributed by atoms with Gasteiger partial charge < -0.3 is 10.5 Å². The van der Waals surface area contributed by atoms with Crippen LogP contribution in [0.1, 0.15) is 32.1 Å². The Kier molecular flexibility index (Phi) is 1.72. The van der Waals surface area contributed by atoms with Gasteiger partial charge in [0.15, 0.2) is 0 Å². The topological polar surface area (TPSA) is 35.2 Å². The first kappa shape index (κ1) is 8.25. The minimum absolute atomic E-state index is 0.404. The van der Waals surface area contributed by atoms with Crippen molar-refractivity contribution in [2.24, 2.45) is 23.0 Å². The highest BCUT2D eigenvalue weighted by molar-refractivity contribution is 5.09. The van der Waals surface area contributed by atoms with Crippen LogP contribution < -0.4 is 5.73 Å². The van der Waals surface area contributed by atoms with E-state index in [2.05, 4.69) is 0 Å². The van der Waals surface area contributed by atoms with Gasteiger partial charge in [-0.3, -0.25) is 0 Å². The number of hydrogen-bond donors (Lipinski definition) is 1. The van der Waals surface area contributed by atoms with Gasteiger partial charge in [-0.15, -0.1) is 0 Å². The van der Waals surface area contributed by atoms with Crippen LogP contribution in [-0.2, 0) is 4.74 Å². The molecule has 0 aromatic carbocycles. The quantitative estimate of drug-likeness (QED) is 0.615. The van der Waals surface area contributed by atoms with Crippen LogP contribution in [-0.4, -0.2) is 19.3 Å². The molecule has 0 aromatic rings. The fourth-order valence-corrected chi connectivity index (χ4v) is 4.03. The van der Waals surface area contributed by atoms with Gasteiger partial charge in [-0.1, -0.05) is 0 Å². The first-order chi connectivity index (χ1) is 6.33. The summed E-state index contributed by atoms with van der Waals surface area (Å²) in [4.78, 5) is 0. The van der Waals surface area contributed by atoms with E-state index in [0.29, 0.717) is 11.5 Å². The predicted octanol–water partition coefficient (Wildman–Crippen LogP) is 1.54. The lowest BCUT2D eigenvalue weighted by Crippen LogP contribution is -2.51. The van der Waals surface area contributed by atoms with Crippen molar-refractivity contribution in [1.82, 2.24) is 0 Å². The fourth-order valence-electron chi connectivity index (χ4n) is 4.03. The molecule has 74 valence electrons. The summed E-state index contributed by atoms with van der Waals surface area (Å²) < 4.78 is 5.65. The zero-order valence-corrected chi connectivity index (χ0v) is 8.17. The second-order valence-corrected chi connectivity index (χ2v) is 5.19. The van der Waals surface area contributed by atoms with Crippen molar-refractivity contribution in [3.8, 4) is 0 Å². The largest absolute Gasteiger partial charge is 0.381 e. The summed E-state index contributed by atoms with van der Waals surface area (Å²) in [5, 5.41) is 0. The minimum atomic E-state index is 0.404. The van der Waals surface area contributed by atoms with E-state index >= 15 is 0 Å². The highest BCUT2D eigenvalue weighted by atomic mass is 16.5. The standard InChI is InChI=1S/C11H19NO/c12-10-8-2-3-9(6-8)11(10)4-1-5-13-7-11/h8-10H,1-7,12H2/t8?,9?,10-,11?/m1/s1. The zero-order valence-electron chi connectivity index (χ0n) is 8.17. The van der Waals surface area contributed by atoms with E-state index in [4.69, 9.17) is 10.5 Å². The first-order valence-corrected chi connectivity index (χ1v) is 5.66. The third-order valence-electron chi connectivity index (χ3n) is 4.76. The number of ether oxygens (including phenoxy) is 1. The van der Waals surface area contributed by atoms with Gasteiger partial charge in [0, 0.05) is 18.1 Å². The van der Waals surface area contributed by atoms with Crippen LogP contribution in [0.2, 0.25) is 0 Å². The lowest BCUT2D eigenvalue weighted by Gasteiger charge is -2.44. The van der Waals surface area contributed by atoms with Gasteiger partial charge in [-0.05, 0) is 43.9 Å². The summed E-state index contributed by atoms with van der Waals surface area (Å²) in [7, 11) is 0. The Balaban J connectivity index is 1.88. The van der Waals surface area contributed by atoms with E-state index in [9.17, 15) is 0 Å². The summed E-state index contributed by atoms with van der Waals surface area (Å²) in [6, 6.07) is 0.451. The lowest BCUT2D eigenvalue weighted by atomic mass is 9.67. The molecule has 1 spiro atoms. The van der Waals surface area contributed by atoms with Crippen LogP contribution in [0.15, 0.2) is 0 Å². The lowest BCUT2D eigenvalue weighted by molar-refractivity contribution is -0.0493. The van der Waals surface area contributed by atoms with Gasteiger partial charge >= 0.3 is 0 Å². The zero-order chi connectivity index (χ0) is 8.89. The van der Waals surface area contributed by atoms with E-state index in [-0.39, 0.29) is 0 Å². The Hall–Kier alpha value is -0.0800. The Morgan fingerprint density at radius 1 is 1.31 bits per heavy atom. The first-order valence-electron chi connectivity index (χ1n) is 5.66. The van der Waals surface area contributed by atoms with Crippen molar-refractivity contribution >= 4 is 0 Å². The summed E-state index contributed by atoms with van der Waals surface area (Å²) >= 11 is 0. The maximum Gasteiger partial charge on any atom is 0.0540 e. The summed E-state index contributed by atoms with van der Waals surface area (Å²) in [6.07, 6.45) is 6.76. The third-order valence-corrected chi connectivity index (χ3v) is 4.76. The van der Waals surface area contributed by atoms with Crippen molar-refractivity contribution < 1.29 is 4.74 Å². The average molecular weight is 181 g/mol. The summed E-state index contributed by atoms with van der Waals surface area (Å²) in [5.41, 5.74) is 6.75. The summed E-state index contributed by atoms with van der Waals surface area (Å²) in [5.74, 6) is 1.72. The third kappa shape index (κ3) is 0.962. The van der Waals surface area contributed by atoms with E-state index in [0.717, 1.165) is 25.0 Å². The van der Waals surface area contributed by atoms with Gasteiger partial charge in [-0.2, -0.15) is 0 Å². The molecule has 0 amide bonds. The van der Waals surface area contributed by atoms with E-state index in [1.54, 1.807) is 0 Å². The Morgan fingerprint density at radius 3 is 2.85 bits per heavy atom. The molecular weight excluding hydrogens is 162 g/mol.